The topological polar surface area (TPSA) is 63.8 Å². The SMILES string of the molecule is c1ccc(-c2noc(CN[C@H]3CCCSC3)n2)nc1. The summed E-state index contributed by atoms with van der Waals surface area (Å²) in [4.78, 5) is 8.56. The Balaban J connectivity index is 1.59. The minimum atomic E-state index is 0.551. The first-order valence-corrected chi connectivity index (χ1v) is 7.62. The van der Waals surface area contributed by atoms with Gasteiger partial charge in [-0.2, -0.15) is 16.7 Å². The number of nitrogens with zero attached hydrogens (tertiary/aromatic N) is 3. The van der Waals surface area contributed by atoms with E-state index in [1.54, 1.807) is 6.20 Å². The number of rotatable bonds is 4. The Kier molecular flexibility index (Phi) is 4.10. The van der Waals surface area contributed by atoms with Crippen molar-refractivity contribution in [2.45, 2.75) is 25.4 Å². The Morgan fingerprint density at radius 3 is 3.21 bits per heavy atom. The van der Waals surface area contributed by atoms with Crippen LogP contribution < -0.4 is 5.32 Å². The molecule has 1 N–H and O–H groups in total. The third-order valence-electron chi connectivity index (χ3n) is 3.06. The van der Waals surface area contributed by atoms with Crippen LogP contribution in [0.15, 0.2) is 28.9 Å². The average Bonchev–Trinajstić information content (AvgIpc) is 2.96. The van der Waals surface area contributed by atoms with Crippen LogP contribution in [0.25, 0.3) is 11.5 Å². The van der Waals surface area contributed by atoms with Crippen molar-refractivity contribution < 1.29 is 4.52 Å². The maximum atomic E-state index is 5.24. The summed E-state index contributed by atoms with van der Waals surface area (Å²) >= 11 is 2.00. The standard InChI is InChI=1S/C13H16N4OS/c1-2-6-14-11(5-1)13-16-12(18-17-13)8-15-10-4-3-7-19-9-10/h1-2,5-6,10,15H,3-4,7-9H2/t10-/m0/s1. The fourth-order valence-corrected chi connectivity index (χ4v) is 3.17. The van der Waals surface area contributed by atoms with Crippen molar-refractivity contribution in [3.05, 3.63) is 30.3 Å². The summed E-state index contributed by atoms with van der Waals surface area (Å²) in [6.45, 7) is 0.630. The van der Waals surface area contributed by atoms with Crippen molar-refractivity contribution in [2.75, 3.05) is 11.5 Å². The molecule has 5 nitrogen and oxygen atoms in total. The van der Waals surface area contributed by atoms with E-state index in [0.717, 1.165) is 5.69 Å². The minimum absolute atomic E-state index is 0.551. The Morgan fingerprint density at radius 2 is 2.42 bits per heavy atom. The van der Waals surface area contributed by atoms with Crippen LogP contribution in [0.1, 0.15) is 18.7 Å². The lowest BCUT2D eigenvalue weighted by Crippen LogP contribution is -2.33. The molecule has 6 heteroatoms. The van der Waals surface area contributed by atoms with E-state index in [0.29, 0.717) is 24.3 Å². The summed E-state index contributed by atoms with van der Waals surface area (Å²) in [5.41, 5.74) is 0.741. The van der Waals surface area contributed by atoms with Gasteiger partial charge in [-0.25, -0.2) is 0 Å². The molecule has 3 rings (SSSR count). The van der Waals surface area contributed by atoms with Gasteiger partial charge in [-0.05, 0) is 30.7 Å². The molecule has 19 heavy (non-hydrogen) atoms. The summed E-state index contributed by atoms with van der Waals surface area (Å²) in [5.74, 6) is 3.62. The van der Waals surface area contributed by atoms with Crippen LogP contribution >= 0.6 is 11.8 Å². The van der Waals surface area contributed by atoms with Gasteiger partial charge in [-0.3, -0.25) is 4.98 Å². The predicted molar refractivity (Wildman–Crippen MR) is 74.7 cm³/mol. The van der Waals surface area contributed by atoms with Crippen LogP contribution in [0.5, 0.6) is 0 Å². The molecule has 1 saturated heterocycles. The Hall–Kier alpha value is -1.40. The molecule has 1 aliphatic rings. The lowest BCUT2D eigenvalue weighted by Gasteiger charge is -2.21. The van der Waals surface area contributed by atoms with Gasteiger partial charge >= 0.3 is 0 Å². The Morgan fingerprint density at radius 1 is 1.42 bits per heavy atom. The highest BCUT2D eigenvalue weighted by Crippen LogP contribution is 2.17. The first kappa shape index (κ1) is 12.6. The second-order valence-corrected chi connectivity index (χ2v) is 5.67. The molecule has 0 bridgehead atoms. The molecular formula is C13H16N4OS. The van der Waals surface area contributed by atoms with E-state index in [2.05, 4.69) is 20.4 Å². The zero-order valence-corrected chi connectivity index (χ0v) is 11.4. The zero-order chi connectivity index (χ0) is 12.9. The van der Waals surface area contributed by atoms with Gasteiger partial charge in [0.25, 0.3) is 0 Å². The Bertz CT molecular complexity index is 510. The van der Waals surface area contributed by atoms with Gasteiger partial charge in [0, 0.05) is 18.0 Å². The molecule has 0 amide bonds. The molecule has 1 fully saturated rings. The maximum Gasteiger partial charge on any atom is 0.240 e. The third kappa shape index (κ3) is 3.33. The molecule has 2 aromatic heterocycles. The maximum absolute atomic E-state index is 5.24. The highest BCUT2D eigenvalue weighted by atomic mass is 32.2. The molecule has 0 unspecified atom stereocenters. The van der Waals surface area contributed by atoms with Crippen molar-refractivity contribution in [3.63, 3.8) is 0 Å². The van der Waals surface area contributed by atoms with E-state index < -0.39 is 0 Å². The van der Waals surface area contributed by atoms with Crippen molar-refractivity contribution in [1.29, 1.82) is 0 Å². The van der Waals surface area contributed by atoms with Gasteiger partial charge < -0.3 is 9.84 Å². The molecule has 1 atom stereocenters. The Labute approximate surface area is 116 Å². The summed E-state index contributed by atoms with van der Waals surface area (Å²) < 4.78 is 5.24. The first-order valence-electron chi connectivity index (χ1n) is 6.47. The lowest BCUT2D eigenvalue weighted by molar-refractivity contribution is 0.356. The van der Waals surface area contributed by atoms with Gasteiger partial charge in [-0.1, -0.05) is 11.2 Å². The van der Waals surface area contributed by atoms with Crippen molar-refractivity contribution >= 4 is 11.8 Å². The van der Waals surface area contributed by atoms with Gasteiger partial charge in [0.2, 0.25) is 11.7 Å². The van der Waals surface area contributed by atoms with E-state index in [-0.39, 0.29) is 0 Å². The van der Waals surface area contributed by atoms with E-state index in [1.807, 2.05) is 30.0 Å². The van der Waals surface area contributed by atoms with Crippen LogP contribution in [-0.2, 0) is 6.54 Å². The summed E-state index contributed by atoms with van der Waals surface area (Å²) in [5, 5.41) is 7.42. The average molecular weight is 276 g/mol. The second-order valence-electron chi connectivity index (χ2n) is 4.52. The van der Waals surface area contributed by atoms with E-state index in [4.69, 9.17) is 4.52 Å². The summed E-state index contributed by atoms with van der Waals surface area (Å²) in [6.07, 6.45) is 4.24. The van der Waals surface area contributed by atoms with Crippen LogP contribution in [0.4, 0.5) is 0 Å². The lowest BCUT2D eigenvalue weighted by atomic mass is 10.2. The van der Waals surface area contributed by atoms with Crippen LogP contribution in [-0.4, -0.2) is 32.7 Å². The van der Waals surface area contributed by atoms with E-state index >= 15 is 0 Å². The molecule has 0 aliphatic carbocycles. The predicted octanol–water partition coefficient (Wildman–Crippen LogP) is 2.12. The van der Waals surface area contributed by atoms with Gasteiger partial charge in [0.05, 0.1) is 6.54 Å². The monoisotopic (exact) mass is 276 g/mol. The first-order chi connectivity index (χ1) is 9.42. The molecule has 1 aliphatic heterocycles. The molecule has 2 aromatic rings. The van der Waals surface area contributed by atoms with Crippen molar-refractivity contribution in [2.24, 2.45) is 0 Å². The van der Waals surface area contributed by atoms with Crippen molar-refractivity contribution in [1.82, 2.24) is 20.4 Å². The largest absolute Gasteiger partial charge is 0.337 e. The number of hydrogen-bond donors (Lipinski definition) is 1. The summed E-state index contributed by atoms with van der Waals surface area (Å²) in [7, 11) is 0. The fourth-order valence-electron chi connectivity index (χ4n) is 2.06. The molecule has 100 valence electrons. The number of nitrogens with one attached hydrogen (secondary N) is 1. The molecule has 0 radical (unpaired) electrons. The van der Waals surface area contributed by atoms with Crippen LogP contribution in [0.2, 0.25) is 0 Å². The number of hydrogen-bond acceptors (Lipinski definition) is 6. The minimum Gasteiger partial charge on any atom is -0.337 e. The van der Waals surface area contributed by atoms with Gasteiger partial charge in [0.1, 0.15) is 5.69 Å². The number of aromatic nitrogens is 3. The molecule has 3 heterocycles. The zero-order valence-electron chi connectivity index (χ0n) is 10.6. The molecule has 0 spiro atoms. The second kappa shape index (κ2) is 6.16. The fraction of sp³-hybridized carbons (Fsp3) is 0.462. The quantitative estimate of drug-likeness (QED) is 0.923. The van der Waals surface area contributed by atoms with E-state index in [1.165, 1.54) is 24.3 Å². The highest BCUT2D eigenvalue weighted by Gasteiger charge is 2.15. The smallest absolute Gasteiger partial charge is 0.240 e. The van der Waals surface area contributed by atoms with Gasteiger partial charge in [-0.15, -0.1) is 0 Å². The molecule has 0 aromatic carbocycles. The third-order valence-corrected chi connectivity index (χ3v) is 4.28. The normalized spacial score (nSPS) is 19.5. The molecular weight excluding hydrogens is 260 g/mol. The molecule has 0 saturated carbocycles. The highest BCUT2D eigenvalue weighted by molar-refractivity contribution is 7.99. The number of pyridine rings is 1. The van der Waals surface area contributed by atoms with Crippen LogP contribution in [0.3, 0.4) is 0 Å². The summed E-state index contributed by atoms with van der Waals surface area (Å²) in [6, 6.07) is 6.21. The van der Waals surface area contributed by atoms with Crippen LogP contribution in [0, 0.1) is 0 Å². The van der Waals surface area contributed by atoms with E-state index in [9.17, 15) is 0 Å². The number of thioether (sulfide) groups is 1. The van der Waals surface area contributed by atoms with Gasteiger partial charge in [0.15, 0.2) is 0 Å². The van der Waals surface area contributed by atoms with Crippen molar-refractivity contribution in [3.8, 4) is 11.5 Å².